The zero-order chi connectivity index (χ0) is 19.4. The third-order valence-corrected chi connectivity index (χ3v) is 5.03. The second-order valence-corrected chi connectivity index (χ2v) is 8.09. The normalized spacial score (nSPS) is 11.3. The minimum absolute atomic E-state index is 0.0182. The van der Waals surface area contributed by atoms with Crippen LogP contribution in [0.15, 0.2) is 45.9 Å². The molecule has 0 saturated heterocycles. The van der Waals surface area contributed by atoms with E-state index in [0.29, 0.717) is 31.1 Å². The van der Waals surface area contributed by atoms with Gasteiger partial charge in [-0.05, 0) is 36.3 Å². The van der Waals surface area contributed by atoms with Crippen molar-refractivity contribution in [2.75, 3.05) is 0 Å². The Morgan fingerprint density at radius 3 is 2.74 bits per heavy atom. The summed E-state index contributed by atoms with van der Waals surface area (Å²) in [6.45, 7) is 6.77. The van der Waals surface area contributed by atoms with Crippen LogP contribution in [0.25, 0.3) is 11.4 Å². The highest BCUT2D eigenvalue weighted by Crippen LogP contribution is 2.20. The molecule has 142 valence electrons. The van der Waals surface area contributed by atoms with E-state index in [4.69, 9.17) is 0 Å². The summed E-state index contributed by atoms with van der Waals surface area (Å²) in [6, 6.07) is 10.1. The first-order valence-corrected chi connectivity index (χ1v) is 10.2. The van der Waals surface area contributed by atoms with Gasteiger partial charge in [0.25, 0.3) is 0 Å². The molecule has 0 radical (unpaired) electrons. The zero-order valence-electron chi connectivity index (χ0n) is 16.0. The van der Waals surface area contributed by atoms with Gasteiger partial charge in [0.05, 0.1) is 0 Å². The highest BCUT2D eigenvalue weighted by Gasteiger charge is 2.18. The van der Waals surface area contributed by atoms with E-state index in [-0.39, 0.29) is 18.0 Å². The van der Waals surface area contributed by atoms with Gasteiger partial charge in [0.1, 0.15) is 6.54 Å². The summed E-state index contributed by atoms with van der Waals surface area (Å²) in [5.74, 6) is 0.973. The highest BCUT2D eigenvalue weighted by molar-refractivity contribution is 7.08. The lowest BCUT2D eigenvalue weighted by atomic mass is 10.1. The lowest BCUT2D eigenvalue weighted by Crippen LogP contribution is -2.29. The summed E-state index contributed by atoms with van der Waals surface area (Å²) < 4.78 is 2.99. The maximum Gasteiger partial charge on any atom is 0.346 e. The fourth-order valence-electron chi connectivity index (χ4n) is 3.08. The molecule has 0 unspecified atom stereocenters. The van der Waals surface area contributed by atoms with Crippen molar-refractivity contribution in [1.82, 2.24) is 14.3 Å². The Kier molecular flexibility index (Phi) is 6.06. The molecular formula is C21H25N3O2S. The SMILES string of the molecule is Cc1cccc(CCC(=O)Cn2nc(-c3ccsc3)n(CC(C)C)c2=O)c1. The van der Waals surface area contributed by atoms with E-state index in [1.807, 2.05) is 41.9 Å². The van der Waals surface area contributed by atoms with Gasteiger partial charge in [-0.2, -0.15) is 11.3 Å². The van der Waals surface area contributed by atoms with E-state index >= 15 is 0 Å². The van der Waals surface area contributed by atoms with Crippen LogP contribution in [0.4, 0.5) is 0 Å². The number of hydrogen-bond acceptors (Lipinski definition) is 4. The molecule has 27 heavy (non-hydrogen) atoms. The molecule has 2 aromatic heterocycles. The monoisotopic (exact) mass is 383 g/mol. The molecule has 0 N–H and O–H groups in total. The van der Waals surface area contributed by atoms with Crippen LogP contribution in [0, 0.1) is 12.8 Å². The van der Waals surface area contributed by atoms with E-state index in [0.717, 1.165) is 11.1 Å². The fourth-order valence-corrected chi connectivity index (χ4v) is 3.71. The van der Waals surface area contributed by atoms with Gasteiger partial charge in [-0.25, -0.2) is 9.48 Å². The van der Waals surface area contributed by atoms with Crippen LogP contribution >= 0.6 is 11.3 Å². The van der Waals surface area contributed by atoms with Crippen LogP contribution in [-0.2, 0) is 24.3 Å². The largest absolute Gasteiger partial charge is 0.346 e. The van der Waals surface area contributed by atoms with Gasteiger partial charge in [-0.1, -0.05) is 43.7 Å². The molecular weight excluding hydrogens is 358 g/mol. The van der Waals surface area contributed by atoms with E-state index in [9.17, 15) is 9.59 Å². The summed E-state index contributed by atoms with van der Waals surface area (Å²) in [6.07, 6.45) is 1.08. The first kappa shape index (κ1) is 19.3. The molecule has 5 nitrogen and oxygen atoms in total. The molecule has 0 saturated carbocycles. The van der Waals surface area contributed by atoms with E-state index in [2.05, 4.69) is 25.0 Å². The molecule has 3 aromatic rings. The van der Waals surface area contributed by atoms with E-state index in [1.54, 1.807) is 15.9 Å². The maximum atomic E-state index is 12.8. The van der Waals surface area contributed by atoms with Crippen molar-refractivity contribution in [2.45, 2.75) is 46.7 Å². The minimum Gasteiger partial charge on any atom is -0.298 e. The number of aromatic nitrogens is 3. The van der Waals surface area contributed by atoms with E-state index < -0.39 is 0 Å². The molecule has 0 bridgehead atoms. The quantitative estimate of drug-likeness (QED) is 0.592. The topological polar surface area (TPSA) is 56.9 Å². The summed E-state index contributed by atoms with van der Waals surface area (Å²) in [7, 11) is 0. The molecule has 0 amide bonds. The number of carbonyl (C=O) groups excluding carboxylic acids is 1. The predicted octanol–water partition coefficient (Wildman–Crippen LogP) is 3.94. The van der Waals surface area contributed by atoms with Gasteiger partial charge in [0.15, 0.2) is 11.6 Å². The smallest absolute Gasteiger partial charge is 0.298 e. The number of aryl methyl sites for hydroxylation is 2. The summed E-state index contributed by atoms with van der Waals surface area (Å²) >= 11 is 1.57. The second-order valence-electron chi connectivity index (χ2n) is 7.31. The Bertz CT molecular complexity index is 968. The van der Waals surface area contributed by atoms with Crippen LogP contribution in [-0.4, -0.2) is 20.1 Å². The third kappa shape index (κ3) is 4.83. The van der Waals surface area contributed by atoms with Gasteiger partial charge < -0.3 is 0 Å². The summed E-state index contributed by atoms with van der Waals surface area (Å²) in [4.78, 5) is 25.2. The number of rotatable bonds is 8. The van der Waals surface area contributed by atoms with Crippen molar-refractivity contribution >= 4 is 17.1 Å². The lowest BCUT2D eigenvalue weighted by Gasteiger charge is -2.06. The maximum absolute atomic E-state index is 12.8. The average Bonchev–Trinajstić information content (AvgIpc) is 3.24. The Balaban J connectivity index is 1.76. The van der Waals surface area contributed by atoms with Gasteiger partial charge in [-0.3, -0.25) is 9.36 Å². The molecule has 0 fully saturated rings. The van der Waals surface area contributed by atoms with E-state index in [1.165, 1.54) is 10.2 Å². The minimum atomic E-state index is -0.214. The van der Waals surface area contributed by atoms with Gasteiger partial charge in [0, 0.05) is 23.9 Å². The average molecular weight is 384 g/mol. The molecule has 6 heteroatoms. The number of Topliss-reactive ketones (excluding diaryl/α,β-unsaturated/α-hetero) is 1. The number of carbonyl (C=O) groups is 1. The van der Waals surface area contributed by atoms with Gasteiger partial charge >= 0.3 is 5.69 Å². The Labute approximate surface area is 163 Å². The number of ketones is 1. The predicted molar refractivity (Wildman–Crippen MR) is 109 cm³/mol. The first-order valence-electron chi connectivity index (χ1n) is 9.21. The zero-order valence-corrected chi connectivity index (χ0v) is 16.8. The molecule has 0 aliphatic rings. The number of nitrogens with zero attached hydrogens (tertiary/aromatic N) is 3. The molecule has 0 aliphatic carbocycles. The molecule has 0 atom stereocenters. The Hall–Kier alpha value is -2.47. The van der Waals surface area contributed by atoms with Crippen LogP contribution in [0.5, 0.6) is 0 Å². The van der Waals surface area contributed by atoms with Gasteiger partial charge in [0.2, 0.25) is 0 Å². The van der Waals surface area contributed by atoms with Crippen molar-refractivity contribution in [3.8, 4) is 11.4 Å². The molecule has 0 spiro atoms. The molecule has 3 rings (SSSR count). The fraction of sp³-hybridized carbons (Fsp3) is 0.381. The molecule has 2 heterocycles. The standard InChI is InChI=1S/C21H25N3O2S/c1-15(2)12-23-20(18-9-10-27-14-18)22-24(21(23)26)13-19(25)8-7-17-6-4-5-16(3)11-17/h4-6,9-11,14-15H,7-8,12-13H2,1-3H3. The van der Waals surface area contributed by atoms with Crippen molar-refractivity contribution in [2.24, 2.45) is 5.92 Å². The van der Waals surface area contributed by atoms with Gasteiger partial charge in [-0.15, -0.1) is 5.10 Å². The number of benzene rings is 1. The van der Waals surface area contributed by atoms with Crippen molar-refractivity contribution in [3.05, 3.63) is 62.7 Å². The third-order valence-electron chi connectivity index (χ3n) is 4.35. The summed E-state index contributed by atoms with van der Waals surface area (Å²) in [5.41, 5.74) is 3.03. The molecule has 1 aromatic carbocycles. The Morgan fingerprint density at radius 2 is 2.07 bits per heavy atom. The second kappa shape index (κ2) is 8.48. The van der Waals surface area contributed by atoms with Crippen LogP contribution in [0.3, 0.4) is 0 Å². The Morgan fingerprint density at radius 1 is 1.26 bits per heavy atom. The summed E-state index contributed by atoms with van der Waals surface area (Å²) in [5, 5.41) is 8.41. The first-order chi connectivity index (χ1) is 12.9. The van der Waals surface area contributed by atoms with Crippen LogP contribution < -0.4 is 5.69 Å². The van der Waals surface area contributed by atoms with Crippen LogP contribution in [0.2, 0.25) is 0 Å². The lowest BCUT2D eigenvalue weighted by molar-refractivity contribution is -0.119. The van der Waals surface area contributed by atoms with Crippen molar-refractivity contribution in [3.63, 3.8) is 0 Å². The van der Waals surface area contributed by atoms with Crippen molar-refractivity contribution in [1.29, 1.82) is 0 Å². The van der Waals surface area contributed by atoms with Crippen LogP contribution in [0.1, 0.15) is 31.4 Å². The van der Waals surface area contributed by atoms with Crippen molar-refractivity contribution < 1.29 is 4.79 Å². The molecule has 0 aliphatic heterocycles. The highest BCUT2D eigenvalue weighted by atomic mass is 32.1. The number of thiophene rings is 1. The number of hydrogen-bond donors (Lipinski definition) is 0.